The van der Waals surface area contributed by atoms with Gasteiger partial charge in [-0.2, -0.15) is 8.42 Å². The molecule has 21 heavy (non-hydrogen) atoms. The molecule has 120 valence electrons. The summed E-state index contributed by atoms with van der Waals surface area (Å²) in [7, 11) is -4.02. The summed E-state index contributed by atoms with van der Waals surface area (Å²) in [4.78, 5) is 0. The normalized spacial score (nSPS) is 13.2. The number of rotatable bonds is 11. The van der Waals surface area contributed by atoms with Crippen LogP contribution in [-0.2, 0) is 10.1 Å². The maximum absolute atomic E-state index is 11.5. The Labute approximate surface area is 129 Å². The summed E-state index contributed by atoms with van der Waals surface area (Å²) >= 11 is 0. The summed E-state index contributed by atoms with van der Waals surface area (Å²) in [5.41, 5.74) is 0.683. The Bertz CT molecular complexity index is 468. The lowest BCUT2D eigenvalue weighted by atomic mass is 10.0. The first kappa shape index (κ1) is 18.2. The molecule has 1 rings (SSSR count). The highest BCUT2D eigenvalue weighted by atomic mass is 32.2. The van der Waals surface area contributed by atoms with Crippen LogP contribution in [0.15, 0.2) is 30.3 Å². The van der Waals surface area contributed by atoms with Crippen LogP contribution in [0.25, 0.3) is 0 Å². The zero-order valence-electron chi connectivity index (χ0n) is 13.0. The molecule has 0 bridgehead atoms. The third-order valence-corrected chi connectivity index (χ3v) is 5.08. The van der Waals surface area contributed by atoms with Gasteiger partial charge in [-0.05, 0) is 12.0 Å². The van der Waals surface area contributed by atoms with Gasteiger partial charge in [-0.3, -0.25) is 4.55 Å². The van der Waals surface area contributed by atoms with E-state index in [0.29, 0.717) is 12.0 Å². The van der Waals surface area contributed by atoms with Crippen molar-refractivity contribution in [3.63, 3.8) is 0 Å². The smallest absolute Gasteiger partial charge is 0.271 e. The van der Waals surface area contributed by atoms with Crippen LogP contribution in [0.4, 0.5) is 0 Å². The van der Waals surface area contributed by atoms with E-state index < -0.39 is 15.4 Å². The molecule has 0 radical (unpaired) electrons. The Morgan fingerprint density at radius 3 is 1.95 bits per heavy atom. The van der Waals surface area contributed by atoms with E-state index in [2.05, 4.69) is 6.92 Å². The van der Waals surface area contributed by atoms with Crippen LogP contribution in [0.3, 0.4) is 0 Å². The molecule has 0 fully saturated rings. The predicted molar refractivity (Wildman–Crippen MR) is 88.0 cm³/mol. The molecule has 0 saturated heterocycles. The van der Waals surface area contributed by atoms with Crippen molar-refractivity contribution in [3.8, 4) is 0 Å². The Kier molecular flexibility index (Phi) is 8.62. The lowest BCUT2D eigenvalue weighted by Gasteiger charge is -2.14. The van der Waals surface area contributed by atoms with Crippen molar-refractivity contribution >= 4 is 10.1 Å². The van der Waals surface area contributed by atoms with Crippen LogP contribution in [0.2, 0.25) is 0 Å². The van der Waals surface area contributed by atoms with Crippen LogP contribution in [0, 0.1) is 0 Å². The molecule has 0 aliphatic heterocycles. The van der Waals surface area contributed by atoms with Gasteiger partial charge in [0.15, 0.2) is 0 Å². The van der Waals surface area contributed by atoms with Crippen molar-refractivity contribution < 1.29 is 13.0 Å². The van der Waals surface area contributed by atoms with Gasteiger partial charge in [0.1, 0.15) is 5.25 Å². The first-order chi connectivity index (χ1) is 10.1. The van der Waals surface area contributed by atoms with E-state index in [9.17, 15) is 13.0 Å². The maximum atomic E-state index is 11.5. The number of hydrogen-bond donors (Lipinski definition) is 1. The Morgan fingerprint density at radius 2 is 1.43 bits per heavy atom. The van der Waals surface area contributed by atoms with Gasteiger partial charge in [0.25, 0.3) is 10.1 Å². The first-order valence-corrected chi connectivity index (χ1v) is 9.57. The molecule has 1 aromatic carbocycles. The topological polar surface area (TPSA) is 54.4 Å². The standard InChI is InChI=1S/C17H28O3S/c1-2-3-4-5-6-7-8-12-15-17(21(18,19)20)16-13-10-9-11-14-16/h9-11,13-14,17H,2-8,12,15H2,1H3,(H,18,19,20). The van der Waals surface area contributed by atoms with Crippen LogP contribution in [0.5, 0.6) is 0 Å². The largest absolute Gasteiger partial charge is 0.285 e. The second-order valence-electron chi connectivity index (χ2n) is 5.68. The van der Waals surface area contributed by atoms with Gasteiger partial charge in [-0.15, -0.1) is 0 Å². The van der Waals surface area contributed by atoms with E-state index in [1.165, 1.54) is 32.1 Å². The fourth-order valence-electron chi connectivity index (χ4n) is 2.62. The van der Waals surface area contributed by atoms with Crippen molar-refractivity contribution in [2.75, 3.05) is 0 Å². The first-order valence-electron chi connectivity index (χ1n) is 8.07. The third-order valence-electron chi connectivity index (χ3n) is 3.85. The van der Waals surface area contributed by atoms with Crippen LogP contribution in [0.1, 0.15) is 75.5 Å². The second-order valence-corrected chi connectivity index (χ2v) is 7.28. The van der Waals surface area contributed by atoms with E-state index in [1.807, 2.05) is 6.07 Å². The van der Waals surface area contributed by atoms with E-state index in [0.717, 1.165) is 19.3 Å². The molecule has 4 heteroatoms. The van der Waals surface area contributed by atoms with Gasteiger partial charge in [0, 0.05) is 0 Å². The minimum atomic E-state index is -4.02. The molecule has 3 nitrogen and oxygen atoms in total. The van der Waals surface area contributed by atoms with E-state index in [4.69, 9.17) is 0 Å². The molecule has 0 aliphatic carbocycles. The third kappa shape index (κ3) is 7.63. The highest BCUT2D eigenvalue weighted by Crippen LogP contribution is 2.27. The van der Waals surface area contributed by atoms with Gasteiger partial charge in [-0.1, -0.05) is 88.6 Å². The van der Waals surface area contributed by atoms with Crippen molar-refractivity contribution in [2.45, 2.75) is 70.0 Å². The summed E-state index contributed by atoms with van der Waals surface area (Å²) < 4.78 is 32.5. The fourth-order valence-corrected chi connectivity index (χ4v) is 3.58. The van der Waals surface area contributed by atoms with Crippen LogP contribution >= 0.6 is 0 Å². The van der Waals surface area contributed by atoms with Gasteiger partial charge in [0.2, 0.25) is 0 Å². The number of hydrogen-bond acceptors (Lipinski definition) is 2. The average molecular weight is 312 g/mol. The van der Waals surface area contributed by atoms with E-state index in [-0.39, 0.29) is 0 Å². The highest BCUT2D eigenvalue weighted by Gasteiger charge is 2.24. The zero-order chi connectivity index (χ0) is 15.6. The summed E-state index contributed by atoms with van der Waals surface area (Å²) in [6.45, 7) is 2.21. The molecular formula is C17H28O3S. The zero-order valence-corrected chi connectivity index (χ0v) is 13.8. The molecule has 0 saturated carbocycles. The van der Waals surface area contributed by atoms with Crippen molar-refractivity contribution in [3.05, 3.63) is 35.9 Å². The second kappa shape index (κ2) is 9.96. The Hall–Kier alpha value is -0.870. The summed E-state index contributed by atoms with van der Waals surface area (Å²) in [6.07, 6.45) is 9.88. The monoisotopic (exact) mass is 312 g/mol. The molecule has 0 heterocycles. The minimum absolute atomic E-state index is 0.498. The quantitative estimate of drug-likeness (QED) is 0.454. The average Bonchev–Trinajstić information content (AvgIpc) is 2.45. The van der Waals surface area contributed by atoms with Gasteiger partial charge in [-0.25, -0.2) is 0 Å². The summed E-state index contributed by atoms with van der Waals surface area (Å²) in [6, 6.07) is 9.00. The van der Waals surface area contributed by atoms with Gasteiger partial charge >= 0.3 is 0 Å². The van der Waals surface area contributed by atoms with Gasteiger partial charge < -0.3 is 0 Å². The molecule has 0 aromatic heterocycles. The van der Waals surface area contributed by atoms with Crippen molar-refractivity contribution in [1.82, 2.24) is 0 Å². The lowest BCUT2D eigenvalue weighted by Crippen LogP contribution is -2.12. The SMILES string of the molecule is CCCCCCCCCCC(c1ccccc1)S(=O)(=O)O. The van der Waals surface area contributed by atoms with Crippen LogP contribution in [-0.4, -0.2) is 13.0 Å². The molecule has 1 N–H and O–H groups in total. The molecule has 0 amide bonds. The van der Waals surface area contributed by atoms with E-state index in [1.54, 1.807) is 24.3 Å². The molecule has 0 aliphatic rings. The Morgan fingerprint density at radius 1 is 0.905 bits per heavy atom. The summed E-state index contributed by atoms with van der Waals surface area (Å²) in [5, 5.41) is -0.779. The highest BCUT2D eigenvalue weighted by molar-refractivity contribution is 7.86. The van der Waals surface area contributed by atoms with Crippen molar-refractivity contribution in [1.29, 1.82) is 0 Å². The number of unbranched alkanes of at least 4 members (excludes halogenated alkanes) is 7. The van der Waals surface area contributed by atoms with E-state index >= 15 is 0 Å². The number of benzene rings is 1. The van der Waals surface area contributed by atoms with Crippen molar-refractivity contribution in [2.24, 2.45) is 0 Å². The fraction of sp³-hybridized carbons (Fsp3) is 0.647. The Balaban J connectivity index is 2.33. The maximum Gasteiger partial charge on any atom is 0.271 e. The lowest BCUT2D eigenvalue weighted by molar-refractivity contribution is 0.458. The predicted octanol–water partition coefficient (Wildman–Crippen LogP) is 5.15. The molecule has 1 aromatic rings. The molecule has 0 spiro atoms. The molecular weight excluding hydrogens is 284 g/mol. The summed E-state index contributed by atoms with van der Waals surface area (Å²) in [5.74, 6) is 0. The molecule has 1 atom stereocenters. The minimum Gasteiger partial charge on any atom is -0.285 e. The van der Waals surface area contributed by atoms with Crippen LogP contribution < -0.4 is 0 Å². The van der Waals surface area contributed by atoms with Gasteiger partial charge in [0.05, 0.1) is 0 Å². The molecule has 1 unspecified atom stereocenters.